The molecule has 2 atom stereocenters. The number of aromatic amines is 1. The number of hydrogen-bond donors (Lipinski definition) is 2. The highest BCUT2D eigenvalue weighted by Crippen LogP contribution is 2.24. The van der Waals surface area contributed by atoms with Crippen LogP contribution in [-0.2, 0) is 0 Å². The number of ether oxygens (including phenoxy) is 1. The summed E-state index contributed by atoms with van der Waals surface area (Å²) in [6, 6.07) is 11.2. The van der Waals surface area contributed by atoms with E-state index in [1.165, 1.54) is 0 Å². The average Bonchev–Trinajstić information content (AvgIpc) is 3.09. The predicted octanol–water partition coefficient (Wildman–Crippen LogP) is 1.92. The molecule has 0 spiro atoms. The lowest BCUT2D eigenvalue weighted by atomic mass is 10.0. The van der Waals surface area contributed by atoms with Gasteiger partial charge in [0, 0.05) is 30.2 Å². The van der Waals surface area contributed by atoms with Gasteiger partial charge in [-0.15, -0.1) is 0 Å². The van der Waals surface area contributed by atoms with Gasteiger partial charge in [0.2, 0.25) is 0 Å². The number of fused-ring (bicyclic) bond motifs is 1. The predicted molar refractivity (Wildman–Crippen MR) is 96.0 cm³/mol. The molecule has 1 amide bonds. The molecule has 26 heavy (non-hydrogen) atoms. The van der Waals surface area contributed by atoms with E-state index in [0.29, 0.717) is 24.4 Å². The minimum Gasteiger partial charge on any atom is -0.488 e. The Hall–Kier alpha value is -2.93. The van der Waals surface area contributed by atoms with Gasteiger partial charge in [-0.1, -0.05) is 6.07 Å². The number of likely N-dealkylation sites (tertiary alicyclic amines) is 1. The lowest BCUT2D eigenvalue weighted by Crippen LogP contribution is -2.51. The van der Waals surface area contributed by atoms with Crippen LogP contribution in [0.25, 0.3) is 10.9 Å². The van der Waals surface area contributed by atoms with E-state index >= 15 is 0 Å². The molecule has 3 heterocycles. The van der Waals surface area contributed by atoms with Crippen LogP contribution < -0.4 is 4.74 Å². The van der Waals surface area contributed by atoms with Crippen LogP contribution in [0.4, 0.5) is 0 Å². The van der Waals surface area contributed by atoms with Crippen LogP contribution in [-0.4, -0.2) is 56.4 Å². The first-order chi connectivity index (χ1) is 12.6. The van der Waals surface area contributed by atoms with E-state index in [1.807, 2.05) is 37.3 Å². The highest BCUT2D eigenvalue weighted by Gasteiger charge is 2.32. The van der Waals surface area contributed by atoms with Crippen molar-refractivity contribution < 1.29 is 14.6 Å². The lowest BCUT2D eigenvalue weighted by molar-refractivity contribution is -0.0200. The molecule has 1 aliphatic rings. The summed E-state index contributed by atoms with van der Waals surface area (Å²) < 4.78 is 5.98. The Morgan fingerprint density at radius 2 is 2.23 bits per heavy atom. The maximum absolute atomic E-state index is 12.5. The number of hydrogen-bond acceptors (Lipinski definition) is 5. The monoisotopic (exact) mass is 352 g/mol. The summed E-state index contributed by atoms with van der Waals surface area (Å²) in [6.07, 6.45) is 1.20. The van der Waals surface area contributed by atoms with Gasteiger partial charge in [0.1, 0.15) is 23.7 Å². The molecule has 7 nitrogen and oxygen atoms in total. The molecule has 7 heteroatoms. The first-order valence-corrected chi connectivity index (χ1v) is 8.61. The Balaban J connectivity index is 1.42. The van der Waals surface area contributed by atoms with E-state index in [-0.39, 0.29) is 18.6 Å². The maximum atomic E-state index is 12.5. The van der Waals surface area contributed by atoms with Crippen molar-refractivity contribution in [2.24, 2.45) is 0 Å². The number of aryl methyl sites for hydroxylation is 1. The van der Waals surface area contributed by atoms with Crippen LogP contribution in [0, 0.1) is 6.92 Å². The van der Waals surface area contributed by atoms with E-state index in [9.17, 15) is 9.90 Å². The van der Waals surface area contributed by atoms with Crippen LogP contribution >= 0.6 is 0 Å². The van der Waals surface area contributed by atoms with Gasteiger partial charge < -0.3 is 14.7 Å². The number of carbonyl (C=O) groups excluding carboxylic acids is 1. The van der Waals surface area contributed by atoms with E-state index in [2.05, 4.69) is 15.2 Å². The summed E-state index contributed by atoms with van der Waals surface area (Å²) in [5, 5.41) is 18.2. The first-order valence-electron chi connectivity index (χ1n) is 8.61. The molecule has 4 rings (SSSR count). The molecule has 134 valence electrons. The number of benzene rings is 1. The molecule has 1 fully saturated rings. The van der Waals surface area contributed by atoms with Gasteiger partial charge in [0.15, 0.2) is 0 Å². The number of β-amino-alcohol motifs (C(OH)–C–C–N with tert-alkyl or cyclic N) is 1. The third-order valence-corrected chi connectivity index (χ3v) is 4.59. The number of H-pyrrole nitrogens is 1. The number of aromatic nitrogens is 3. The lowest BCUT2D eigenvalue weighted by Gasteiger charge is -2.35. The van der Waals surface area contributed by atoms with Gasteiger partial charge in [-0.2, -0.15) is 5.10 Å². The third kappa shape index (κ3) is 3.25. The number of nitrogens with zero attached hydrogens (tertiary/aromatic N) is 3. The van der Waals surface area contributed by atoms with Crippen molar-refractivity contribution in [3.05, 3.63) is 54.0 Å². The molecule has 2 N–H and O–H groups in total. The fourth-order valence-electron chi connectivity index (χ4n) is 3.22. The molecule has 1 aliphatic heterocycles. The average molecular weight is 352 g/mol. The maximum Gasteiger partial charge on any atom is 0.274 e. The van der Waals surface area contributed by atoms with Crippen molar-refractivity contribution in [2.45, 2.75) is 25.6 Å². The second kappa shape index (κ2) is 6.76. The highest BCUT2D eigenvalue weighted by atomic mass is 16.5. The quantitative estimate of drug-likeness (QED) is 0.751. The summed E-state index contributed by atoms with van der Waals surface area (Å²) in [6.45, 7) is 2.59. The largest absolute Gasteiger partial charge is 0.488 e. The second-order valence-corrected chi connectivity index (χ2v) is 6.56. The van der Waals surface area contributed by atoms with Gasteiger partial charge in [0.05, 0.1) is 12.1 Å². The molecule has 0 aliphatic carbocycles. The van der Waals surface area contributed by atoms with Crippen molar-refractivity contribution in [2.75, 3.05) is 13.1 Å². The fourth-order valence-corrected chi connectivity index (χ4v) is 3.22. The third-order valence-electron chi connectivity index (χ3n) is 4.59. The standard InChI is InChI=1S/C19H20N4O3/c1-12-9-16(22-21-12)19(25)23-8-6-18(17(24)11-23)26-14-4-5-15-13(10-14)3-2-7-20-15/h2-5,7,9-10,17-18,24H,6,8,11H2,1H3,(H,21,22)/t17-,18-/m1/s1. The van der Waals surface area contributed by atoms with Crippen LogP contribution in [0.5, 0.6) is 5.75 Å². The van der Waals surface area contributed by atoms with E-state index in [0.717, 1.165) is 16.6 Å². The normalized spacial score (nSPS) is 20.3. The van der Waals surface area contributed by atoms with Gasteiger partial charge in [-0.05, 0) is 37.3 Å². The van der Waals surface area contributed by atoms with Crippen molar-refractivity contribution in [3.8, 4) is 5.75 Å². The molecule has 0 bridgehead atoms. The topological polar surface area (TPSA) is 91.3 Å². The summed E-state index contributed by atoms with van der Waals surface area (Å²) in [5.74, 6) is 0.515. The number of piperidine rings is 1. The first kappa shape index (κ1) is 16.5. The minimum atomic E-state index is -0.752. The van der Waals surface area contributed by atoms with Crippen molar-refractivity contribution in [1.29, 1.82) is 0 Å². The number of rotatable bonds is 3. The molecule has 1 aromatic carbocycles. The Morgan fingerprint density at radius 1 is 1.35 bits per heavy atom. The van der Waals surface area contributed by atoms with Gasteiger partial charge in [-0.25, -0.2) is 0 Å². The van der Waals surface area contributed by atoms with Gasteiger partial charge >= 0.3 is 0 Å². The summed E-state index contributed by atoms with van der Waals surface area (Å²) in [7, 11) is 0. The van der Waals surface area contributed by atoms with Crippen LogP contribution in [0.3, 0.4) is 0 Å². The minimum absolute atomic E-state index is 0.177. The van der Waals surface area contributed by atoms with Gasteiger partial charge in [-0.3, -0.25) is 14.9 Å². The Kier molecular flexibility index (Phi) is 4.30. The molecule has 0 radical (unpaired) electrons. The van der Waals surface area contributed by atoms with Crippen molar-refractivity contribution in [3.63, 3.8) is 0 Å². The zero-order valence-corrected chi connectivity index (χ0v) is 14.4. The summed E-state index contributed by atoms with van der Waals surface area (Å²) in [4.78, 5) is 18.4. The van der Waals surface area contributed by atoms with E-state index < -0.39 is 6.10 Å². The smallest absolute Gasteiger partial charge is 0.274 e. The van der Waals surface area contributed by atoms with Crippen LogP contribution in [0.1, 0.15) is 22.6 Å². The van der Waals surface area contributed by atoms with Crippen LogP contribution in [0.15, 0.2) is 42.6 Å². The second-order valence-electron chi connectivity index (χ2n) is 6.56. The molecule has 0 unspecified atom stereocenters. The van der Waals surface area contributed by atoms with Crippen LogP contribution in [0.2, 0.25) is 0 Å². The van der Waals surface area contributed by atoms with Gasteiger partial charge in [0.25, 0.3) is 5.91 Å². The van der Waals surface area contributed by atoms with E-state index in [4.69, 9.17) is 4.74 Å². The Labute approximate surface area is 150 Å². The number of aliphatic hydroxyl groups excluding tert-OH is 1. The molecule has 2 aromatic heterocycles. The number of aliphatic hydroxyl groups is 1. The molecular weight excluding hydrogens is 332 g/mol. The van der Waals surface area contributed by atoms with Crippen molar-refractivity contribution >= 4 is 16.8 Å². The molecule has 0 saturated carbocycles. The number of nitrogens with one attached hydrogen (secondary N) is 1. The Morgan fingerprint density at radius 3 is 3.00 bits per heavy atom. The van der Waals surface area contributed by atoms with E-state index in [1.54, 1.807) is 17.2 Å². The molecular formula is C19H20N4O3. The van der Waals surface area contributed by atoms with Crippen molar-refractivity contribution in [1.82, 2.24) is 20.1 Å². The fraction of sp³-hybridized carbons (Fsp3) is 0.316. The number of pyridine rings is 1. The SMILES string of the molecule is Cc1cc(C(=O)N2CC[C@@H](Oc3ccc4ncccc4c3)[C@H](O)C2)n[nH]1. The summed E-state index contributed by atoms with van der Waals surface area (Å²) in [5.41, 5.74) is 2.10. The number of amides is 1. The zero-order chi connectivity index (χ0) is 18.1. The molecule has 1 saturated heterocycles. The Bertz CT molecular complexity index is 939. The molecule has 3 aromatic rings. The summed E-state index contributed by atoms with van der Waals surface area (Å²) >= 11 is 0. The zero-order valence-electron chi connectivity index (χ0n) is 14.4. The number of carbonyl (C=O) groups is 1. The highest BCUT2D eigenvalue weighted by molar-refractivity contribution is 5.92.